The van der Waals surface area contributed by atoms with Crippen LogP contribution < -0.4 is 33.2 Å². The zero-order chi connectivity index (χ0) is 27.8. The molecule has 0 bridgehead atoms. The highest BCUT2D eigenvalue weighted by Crippen LogP contribution is 2.07. The van der Waals surface area contributed by atoms with E-state index in [1.807, 2.05) is 6.26 Å². The van der Waals surface area contributed by atoms with Crippen molar-refractivity contribution in [2.75, 3.05) is 18.6 Å². The molecule has 0 radical (unpaired) electrons. The number of carbonyl (C=O) groups excluding carboxylic acids is 4. The number of nitrogens with one attached hydrogen (secondary N) is 4. The Morgan fingerprint density at radius 3 is 2.22 bits per heavy atom. The molecular weight excluding hydrogens is 504 g/mol. The average Bonchev–Trinajstić information content (AvgIpc) is 3.36. The van der Waals surface area contributed by atoms with Crippen molar-refractivity contribution in [1.29, 1.82) is 0 Å². The number of aromatic nitrogens is 2. The molecule has 208 valence electrons. The first kappa shape index (κ1) is 31.9. The van der Waals surface area contributed by atoms with Crippen LogP contribution in [0.3, 0.4) is 0 Å². The number of hydrogen-bond donors (Lipinski definition) is 8. The van der Waals surface area contributed by atoms with Crippen LogP contribution >= 0.6 is 11.8 Å². The minimum atomic E-state index is -1.19. The predicted octanol–water partition coefficient (Wildman–Crippen LogP) is -2.03. The zero-order valence-electron chi connectivity index (χ0n) is 20.9. The summed E-state index contributed by atoms with van der Waals surface area (Å²) in [6.45, 7) is 0.387. The summed E-state index contributed by atoms with van der Waals surface area (Å²) in [4.78, 5) is 68.2. The third-order valence-electron chi connectivity index (χ3n) is 5.46. The Hall–Kier alpha value is -3.17. The van der Waals surface area contributed by atoms with Gasteiger partial charge in [-0.1, -0.05) is 0 Å². The Balaban J connectivity index is 3.02. The Bertz CT molecular complexity index is 885. The number of imidazole rings is 1. The molecule has 0 saturated heterocycles. The first-order valence-corrected chi connectivity index (χ1v) is 13.3. The predicted molar refractivity (Wildman–Crippen MR) is 138 cm³/mol. The van der Waals surface area contributed by atoms with Crippen molar-refractivity contribution in [3.8, 4) is 0 Å². The van der Waals surface area contributed by atoms with Crippen LogP contribution in [0.25, 0.3) is 0 Å². The number of rotatable bonds is 19. The number of aliphatic carboxylic acids is 1. The summed E-state index contributed by atoms with van der Waals surface area (Å²) in [6.07, 6.45) is 6.17. The van der Waals surface area contributed by atoms with Gasteiger partial charge in [0, 0.05) is 24.7 Å². The molecule has 14 nitrogen and oxygen atoms in total. The van der Waals surface area contributed by atoms with Crippen molar-refractivity contribution < 1.29 is 29.1 Å². The third-order valence-corrected chi connectivity index (χ3v) is 6.10. The van der Waals surface area contributed by atoms with E-state index in [4.69, 9.17) is 17.2 Å². The van der Waals surface area contributed by atoms with Crippen molar-refractivity contribution in [3.63, 3.8) is 0 Å². The van der Waals surface area contributed by atoms with Crippen molar-refractivity contribution in [2.45, 2.75) is 69.1 Å². The smallest absolute Gasteiger partial charge is 0.326 e. The summed E-state index contributed by atoms with van der Waals surface area (Å²) in [7, 11) is 0. The molecule has 15 heteroatoms. The number of nitrogens with two attached hydrogens (primary N) is 3. The normalized spacial score (nSPS) is 14.1. The number of nitrogens with zero attached hydrogens (tertiary/aromatic N) is 1. The lowest BCUT2D eigenvalue weighted by molar-refractivity contribution is -0.142. The van der Waals surface area contributed by atoms with E-state index in [2.05, 4.69) is 25.9 Å². The molecule has 11 N–H and O–H groups in total. The molecule has 1 aromatic heterocycles. The van der Waals surface area contributed by atoms with Gasteiger partial charge in [-0.3, -0.25) is 19.2 Å². The highest BCUT2D eigenvalue weighted by molar-refractivity contribution is 7.98. The summed E-state index contributed by atoms with van der Waals surface area (Å²) in [5, 5.41) is 17.2. The standard InChI is InChI=1S/C22H38N8O6S/c1-37-9-7-16(22(35)36)29-21(34)17(10-13-11-26-12-27-13)30-20(33)15(4-2-3-8-23)28-19(32)14(24)5-6-18(25)31/h11-12,14-17H,2-10,23-24H2,1H3,(H2,25,31)(H,26,27)(H,28,32)(H,29,34)(H,30,33)(H,35,36). The van der Waals surface area contributed by atoms with Gasteiger partial charge >= 0.3 is 5.97 Å². The van der Waals surface area contributed by atoms with Crippen molar-refractivity contribution in [3.05, 3.63) is 18.2 Å². The number of amides is 4. The van der Waals surface area contributed by atoms with Crippen molar-refractivity contribution in [2.24, 2.45) is 17.2 Å². The van der Waals surface area contributed by atoms with Gasteiger partial charge < -0.3 is 43.2 Å². The summed E-state index contributed by atoms with van der Waals surface area (Å²) in [5.74, 6) is -3.27. The maximum Gasteiger partial charge on any atom is 0.326 e. The van der Waals surface area contributed by atoms with Crippen LogP contribution in [0, 0.1) is 0 Å². The van der Waals surface area contributed by atoms with Crippen molar-refractivity contribution >= 4 is 41.4 Å². The van der Waals surface area contributed by atoms with E-state index in [9.17, 15) is 29.1 Å². The molecule has 1 aromatic rings. The van der Waals surface area contributed by atoms with Gasteiger partial charge in [0.2, 0.25) is 23.6 Å². The zero-order valence-corrected chi connectivity index (χ0v) is 21.7. The first-order valence-electron chi connectivity index (χ1n) is 11.9. The first-order chi connectivity index (χ1) is 17.6. The number of primary amides is 1. The fraction of sp³-hybridized carbons (Fsp3) is 0.636. The second-order valence-electron chi connectivity index (χ2n) is 8.48. The number of thioether (sulfide) groups is 1. The number of H-pyrrole nitrogens is 1. The number of carbonyl (C=O) groups is 5. The highest BCUT2D eigenvalue weighted by atomic mass is 32.2. The van der Waals surface area contributed by atoms with E-state index < -0.39 is 53.8 Å². The van der Waals surface area contributed by atoms with Gasteiger partial charge in [0.25, 0.3) is 0 Å². The van der Waals surface area contributed by atoms with Crippen LogP contribution in [0.2, 0.25) is 0 Å². The Kier molecular flexibility index (Phi) is 14.9. The van der Waals surface area contributed by atoms with E-state index in [1.165, 1.54) is 24.3 Å². The Morgan fingerprint density at radius 2 is 1.65 bits per heavy atom. The van der Waals surface area contributed by atoms with E-state index in [-0.39, 0.29) is 32.1 Å². The van der Waals surface area contributed by atoms with Gasteiger partial charge in [-0.2, -0.15) is 11.8 Å². The second kappa shape index (κ2) is 17.3. The Morgan fingerprint density at radius 1 is 1.00 bits per heavy atom. The maximum atomic E-state index is 13.2. The van der Waals surface area contributed by atoms with Gasteiger partial charge in [-0.15, -0.1) is 0 Å². The van der Waals surface area contributed by atoms with Gasteiger partial charge in [0.15, 0.2) is 0 Å². The molecular formula is C22H38N8O6S. The molecule has 1 heterocycles. The van der Waals surface area contributed by atoms with Crippen LogP contribution in [0.15, 0.2) is 12.5 Å². The number of carboxylic acid groups (broad SMARTS) is 1. The summed E-state index contributed by atoms with van der Waals surface area (Å²) in [6, 6.07) is -4.39. The van der Waals surface area contributed by atoms with Crippen LogP contribution in [-0.4, -0.2) is 87.4 Å². The van der Waals surface area contributed by atoms with Gasteiger partial charge in [0.1, 0.15) is 18.1 Å². The number of carboxylic acids is 1. The molecule has 0 aromatic carbocycles. The second-order valence-corrected chi connectivity index (χ2v) is 9.47. The topological polar surface area (TPSA) is 248 Å². The van der Waals surface area contributed by atoms with Gasteiger partial charge in [0.05, 0.1) is 12.4 Å². The largest absolute Gasteiger partial charge is 0.480 e. The van der Waals surface area contributed by atoms with E-state index in [1.54, 1.807) is 0 Å². The van der Waals surface area contributed by atoms with Crippen LogP contribution in [0.4, 0.5) is 0 Å². The summed E-state index contributed by atoms with van der Waals surface area (Å²) < 4.78 is 0. The maximum absolute atomic E-state index is 13.2. The monoisotopic (exact) mass is 542 g/mol. The fourth-order valence-corrected chi connectivity index (χ4v) is 3.80. The quantitative estimate of drug-likeness (QED) is 0.0890. The molecule has 0 aliphatic heterocycles. The highest BCUT2D eigenvalue weighted by Gasteiger charge is 2.30. The van der Waals surface area contributed by atoms with E-state index in [0.717, 1.165) is 0 Å². The molecule has 0 aliphatic carbocycles. The molecule has 0 spiro atoms. The fourth-order valence-electron chi connectivity index (χ4n) is 3.33. The average molecular weight is 543 g/mol. The van der Waals surface area contributed by atoms with Crippen LogP contribution in [-0.2, 0) is 30.4 Å². The van der Waals surface area contributed by atoms with E-state index in [0.29, 0.717) is 30.8 Å². The van der Waals surface area contributed by atoms with Crippen LogP contribution in [0.5, 0.6) is 0 Å². The van der Waals surface area contributed by atoms with Gasteiger partial charge in [-0.25, -0.2) is 9.78 Å². The number of unbranched alkanes of at least 4 members (excludes halogenated alkanes) is 1. The number of aromatic amines is 1. The Labute approximate surface area is 219 Å². The SMILES string of the molecule is CSCCC(NC(=O)C(Cc1cnc[nH]1)NC(=O)C(CCCCN)NC(=O)C(N)CCC(N)=O)C(=O)O. The molecule has 1 rings (SSSR count). The van der Waals surface area contributed by atoms with Crippen LogP contribution in [0.1, 0.15) is 44.2 Å². The summed E-state index contributed by atoms with van der Waals surface area (Å²) in [5.41, 5.74) is 17.0. The molecule has 4 unspecified atom stereocenters. The lowest BCUT2D eigenvalue weighted by Gasteiger charge is -2.25. The minimum Gasteiger partial charge on any atom is -0.480 e. The lowest BCUT2D eigenvalue weighted by atomic mass is 10.0. The molecule has 4 amide bonds. The van der Waals surface area contributed by atoms with Crippen molar-refractivity contribution in [1.82, 2.24) is 25.9 Å². The van der Waals surface area contributed by atoms with E-state index >= 15 is 0 Å². The number of hydrogen-bond acceptors (Lipinski definition) is 9. The molecule has 0 aliphatic rings. The molecule has 0 saturated carbocycles. The summed E-state index contributed by atoms with van der Waals surface area (Å²) >= 11 is 1.44. The molecule has 4 atom stereocenters. The lowest BCUT2D eigenvalue weighted by Crippen LogP contribution is -2.57. The third kappa shape index (κ3) is 12.6. The minimum absolute atomic E-state index is 0.00797. The van der Waals surface area contributed by atoms with Gasteiger partial charge in [-0.05, 0) is 50.7 Å². The molecule has 37 heavy (non-hydrogen) atoms. The molecule has 0 fully saturated rings.